The Morgan fingerprint density at radius 1 is 0.826 bits per heavy atom. The van der Waals surface area contributed by atoms with Crippen LogP contribution in [-0.2, 0) is 7.48 Å². The van der Waals surface area contributed by atoms with Gasteiger partial charge >= 0.3 is 164 Å². The fourth-order valence-corrected chi connectivity index (χ4v) is 22.4. The predicted molar refractivity (Wildman–Crippen MR) is 105 cm³/mol. The second-order valence-corrected chi connectivity index (χ2v) is 26.0. The van der Waals surface area contributed by atoms with E-state index in [0.717, 1.165) is 31.2 Å². The number of carbonyl (C=O) groups is 1. The van der Waals surface area contributed by atoms with E-state index >= 15 is 0 Å². The van der Waals surface area contributed by atoms with Crippen molar-refractivity contribution in [2.45, 2.75) is 76.5 Å². The average molecular weight is 583 g/mol. The van der Waals surface area contributed by atoms with Crippen molar-refractivity contribution >= 4 is 62.4 Å². The molecular weight excluding hydrogens is 550 g/mol. The number of alkyl halides is 3. The zero-order chi connectivity index (χ0) is 18.3. The topological polar surface area (TPSA) is 26.3 Å². The third-order valence-electron chi connectivity index (χ3n) is 4.07. The van der Waals surface area contributed by atoms with Crippen LogP contribution in [-0.4, -0.2) is 31.4 Å². The Morgan fingerprint density at radius 3 is 1.35 bits per heavy atom. The van der Waals surface area contributed by atoms with Gasteiger partial charge in [-0.15, -0.1) is 0 Å². The molecule has 0 fully saturated rings. The molecule has 0 heterocycles. The van der Waals surface area contributed by atoms with Gasteiger partial charge in [0, 0.05) is 0 Å². The van der Waals surface area contributed by atoms with Crippen molar-refractivity contribution in [1.82, 2.24) is 0 Å². The molecule has 0 bridgehead atoms. The molecule has 0 aromatic heterocycles. The molecule has 0 unspecified atom stereocenters. The van der Waals surface area contributed by atoms with Crippen LogP contribution in [0.25, 0.3) is 0 Å². The molecule has 0 saturated heterocycles. The predicted octanol–water partition coefficient (Wildman–Crippen LogP) is 6.98. The molecule has 0 spiro atoms. The Labute approximate surface area is 163 Å². The summed E-state index contributed by atoms with van der Waals surface area (Å²) in [6, 6.07) is 0. The summed E-state index contributed by atoms with van der Waals surface area (Å²) >= 11 is 14.0. The van der Waals surface area contributed by atoms with Crippen molar-refractivity contribution in [3.8, 4) is 0 Å². The Bertz CT molecular complexity index is 321. The molecule has 138 valence electrons. The van der Waals surface area contributed by atoms with Crippen LogP contribution in [0.5, 0.6) is 0 Å². The first-order valence-electron chi connectivity index (χ1n) is 8.68. The van der Waals surface area contributed by atoms with Crippen molar-refractivity contribution in [2.75, 3.05) is 0 Å². The van der Waals surface area contributed by atoms with Gasteiger partial charge in [0.25, 0.3) is 0 Å². The molecule has 0 N–H and O–H groups in total. The van der Waals surface area contributed by atoms with Crippen LogP contribution in [0.2, 0.25) is 11.9 Å². The van der Waals surface area contributed by atoms with Crippen LogP contribution in [0.15, 0.2) is 0 Å². The average Bonchev–Trinajstić information content (AvgIpc) is 2.39. The van der Waals surface area contributed by atoms with E-state index in [1.54, 1.807) is 0 Å². The SMILES string of the molecule is CC(C)C[CH2][Pb]([CH2]CC(C)C)([CH2]CC(C)C)[O]C(=O)C(Cl)(Cl)Cl. The van der Waals surface area contributed by atoms with Crippen LogP contribution >= 0.6 is 34.8 Å². The molecule has 0 aromatic rings. The van der Waals surface area contributed by atoms with Gasteiger partial charge in [0.15, 0.2) is 0 Å². The van der Waals surface area contributed by atoms with Gasteiger partial charge in [0.1, 0.15) is 0 Å². The van der Waals surface area contributed by atoms with Crippen molar-refractivity contribution in [3.05, 3.63) is 0 Å². The summed E-state index contributed by atoms with van der Waals surface area (Å²) in [5, 5.41) is 0. The number of carbonyl (C=O) groups excluding carboxylic acids is 1. The van der Waals surface area contributed by atoms with Crippen molar-refractivity contribution in [2.24, 2.45) is 17.8 Å². The summed E-state index contributed by atoms with van der Waals surface area (Å²) in [7, 11) is 0. The first kappa shape index (κ1) is 24.3. The minimum atomic E-state index is -3.30. The fourth-order valence-electron chi connectivity index (χ4n) is 2.44. The summed E-state index contributed by atoms with van der Waals surface area (Å²) in [5.41, 5.74) is 0. The summed E-state index contributed by atoms with van der Waals surface area (Å²) in [4.78, 5) is 12.3. The van der Waals surface area contributed by atoms with Gasteiger partial charge in [-0.05, 0) is 0 Å². The van der Waals surface area contributed by atoms with E-state index in [-0.39, 0.29) is 0 Å². The van der Waals surface area contributed by atoms with Gasteiger partial charge in [0.05, 0.1) is 0 Å². The molecular formula is C17H33Cl3O2Pb. The number of hydrogen-bond acceptors (Lipinski definition) is 2. The van der Waals surface area contributed by atoms with Crippen LogP contribution in [0.4, 0.5) is 0 Å². The zero-order valence-corrected chi connectivity index (χ0v) is 21.6. The molecule has 0 rings (SSSR count). The van der Waals surface area contributed by atoms with Crippen molar-refractivity contribution in [3.63, 3.8) is 0 Å². The van der Waals surface area contributed by atoms with Crippen LogP contribution in [0.3, 0.4) is 0 Å². The van der Waals surface area contributed by atoms with Gasteiger partial charge < -0.3 is 0 Å². The van der Waals surface area contributed by atoms with E-state index in [1.807, 2.05) is 0 Å². The first-order valence-corrected chi connectivity index (χ1v) is 19.6. The summed E-state index contributed by atoms with van der Waals surface area (Å²) in [5.74, 6) is 1.14. The van der Waals surface area contributed by atoms with Gasteiger partial charge in [-0.3, -0.25) is 0 Å². The van der Waals surface area contributed by atoms with E-state index in [9.17, 15) is 4.79 Å². The van der Waals surface area contributed by atoms with Gasteiger partial charge in [-0.1, -0.05) is 0 Å². The molecule has 2 nitrogen and oxygen atoms in total. The molecule has 0 aliphatic carbocycles. The Hall–Kier alpha value is 1.26. The van der Waals surface area contributed by atoms with Gasteiger partial charge in [-0.2, -0.15) is 0 Å². The summed E-state index contributed by atoms with van der Waals surface area (Å²) in [6.45, 7) is 13.3. The Balaban J connectivity index is 5.28. The molecule has 0 radical (unpaired) electrons. The van der Waals surface area contributed by atoms with E-state index in [2.05, 4.69) is 41.5 Å². The molecule has 6 heteroatoms. The van der Waals surface area contributed by atoms with Crippen LogP contribution in [0.1, 0.15) is 60.8 Å². The maximum atomic E-state index is 12.3. The number of hydrogen-bond donors (Lipinski definition) is 0. The third kappa shape index (κ3) is 11.5. The van der Waals surface area contributed by atoms with Gasteiger partial charge in [0.2, 0.25) is 0 Å². The maximum absolute atomic E-state index is 12.3. The van der Waals surface area contributed by atoms with E-state index in [4.69, 9.17) is 37.5 Å². The summed E-state index contributed by atoms with van der Waals surface area (Å²) in [6.07, 6.45) is 3.26. The second kappa shape index (κ2) is 11.1. The molecule has 0 aliphatic heterocycles. The molecule has 0 aromatic carbocycles. The zero-order valence-electron chi connectivity index (χ0n) is 15.4. The quantitative estimate of drug-likeness (QED) is 0.205. The van der Waals surface area contributed by atoms with Crippen molar-refractivity contribution < 1.29 is 7.48 Å². The fraction of sp³-hybridized carbons (Fsp3) is 0.941. The normalized spacial score (nSPS) is 13.2. The molecule has 23 heavy (non-hydrogen) atoms. The van der Waals surface area contributed by atoms with E-state index in [0.29, 0.717) is 17.8 Å². The monoisotopic (exact) mass is 582 g/mol. The van der Waals surface area contributed by atoms with E-state index in [1.165, 1.54) is 0 Å². The van der Waals surface area contributed by atoms with Crippen molar-refractivity contribution in [1.29, 1.82) is 0 Å². The standard InChI is InChI=1S/3C5H11.C2HCl3O2.Pb/c3*1-4-5(2)3;3-2(4,5)1(6)7;/h3*5H,1,4H2,2-3H3;(H,6,7);/q;;;;+1/p-1. The van der Waals surface area contributed by atoms with Crippen LogP contribution in [0, 0.1) is 17.8 Å². The summed E-state index contributed by atoms with van der Waals surface area (Å²) < 4.78 is 7.20. The molecule has 0 aliphatic rings. The van der Waals surface area contributed by atoms with Crippen LogP contribution < -0.4 is 0 Å². The molecule has 0 atom stereocenters. The minimum absolute atomic E-state index is 0.596. The number of rotatable bonds is 10. The molecule has 0 saturated carbocycles. The second-order valence-electron chi connectivity index (χ2n) is 7.87. The van der Waals surface area contributed by atoms with E-state index < -0.39 is 31.4 Å². The van der Waals surface area contributed by atoms with Gasteiger partial charge in [-0.25, -0.2) is 0 Å². The Morgan fingerprint density at radius 2 is 1.13 bits per heavy atom. The Kier molecular flexibility index (Phi) is 11.7. The number of halogens is 3. The first-order chi connectivity index (χ1) is 10.4. The molecule has 0 amide bonds. The third-order valence-corrected chi connectivity index (χ3v) is 20.9.